The van der Waals surface area contributed by atoms with E-state index in [0.717, 1.165) is 22.7 Å². The second-order valence-electron chi connectivity index (χ2n) is 4.32. The third-order valence-corrected chi connectivity index (χ3v) is 3.34. The summed E-state index contributed by atoms with van der Waals surface area (Å²) in [5, 5.41) is 3.32. The molecule has 0 saturated carbocycles. The fourth-order valence-corrected chi connectivity index (χ4v) is 2.17. The largest absolute Gasteiger partial charge is 0.366 e. The number of benzene rings is 1. The number of nitrogens with zero attached hydrogens (tertiary/aromatic N) is 2. The summed E-state index contributed by atoms with van der Waals surface area (Å²) < 4.78 is 1.08. The van der Waals surface area contributed by atoms with Gasteiger partial charge in [-0.15, -0.1) is 0 Å². The normalized spacial score (nSPS) is 10.5. The molecule has 0 aliphatic heterocycles. The van der Waals surface area contributed by atoms with Gasteiger partial charge in [0.1, 0.15) is 11.6 Å². The smallest absolute Gasteiger partial charge is 0.131 e. The molecule has 5 heteroatoms. The van der Waals surface area contributed by atoms with Gasteiger partial charge in [0.15, 0.2) is 0 Å². The van der Waals surface area contributed by atoms with Crippen molar-refractivity contribution in [3.8, 4) is 0 Å². The van der Waals surface area contributed by atoms with Crippen LogP contribution in [0.4, 0.5) is 5.82 Å². The van der Waals surface area contributed by atoms with Crippen LogP contribution in [-0.4, -0.2) is 16.5 Å². The van der Waals surface area contributed by atoms with Crippen molar-refractivity contribution in [2.24, 2.45) is 5.73 Å². The van der Waals surface area contributed by atoms with Gasteiger partial charge in [-0.25, -0.2) is 9.97 Å². The third-order valence-electron chi connectivity index (χ3n) is 2.84. The SMILES string of the molecule is Cc1ccc(Br)cc1CNc1ccnc(CCN)n1. The van der Waals surface area contributed by atoms with Crippen LogP contribution in [0.25, 0.3) is 0 Å². The lowest BCUT2D eigenvalue weighted by Crippen LogP contribution is -2.09. The van der Waals surface area contributed by atoms with Crippen LogP contribution in [0.1, 0.15) is 17.0 Å². The Morgan fingerprint density at radius 3 is 2.95 bits per heavy atom. The first-order chi connectivity index (χ1) is 9.19. The fourth-order valence-electron chi connectivity index (χ4n) is 1.76. The van der Waals surface area contributed by atoms with Crippen molar-refractivity contribution < 1.29 is 0 Å². The molecule has 0 aliphatic rings. The molecular formula is C14H17BrN4. The molecule has 0 atom stereocenters. The van der Waals surface area contributed by atoms with Gasteiger partial charge in [-0.2, -0.15) is 0 Å². The highest BCUT2D eigenvalue weighted by atomic mass is 79.9. The predicted molar refractivity (Wildman–Crippen MR) is 81.0 cm³/mol. The van der Waals surface area contributed by atoms with E-state index in [-0.39, 0.29) is 0 Å². The van der Waals surface area contributed by atoms with E-state index in [2.05, 4.69) is 50.3 Å². The minimum absolute atomic E-state index is 0.564. The number of nitrogens with one attached hydrogen (secondary N) is 1. The van der Waals surface area contributed by atoms with Gasteiger partial charge in [-0.1, -0.05) is 22.0 Å². The number of hydrogen-bond acceptors (Lipinski definition) is 4. The van der Waals surface area contributed by atoms with Crippen LogP contribution in [0.2, 0.25) is 0 Å². The Bertz CT molecular complexity index is 557. The molecule has 3 N–H and O–H groups in total. The lowest BCUT2D eigenvalue weighted by molar-refractivity contribution is 0.865. The number of aromatic nitrogens is 2. The number of hydrogen-bond donors (Lipinski definition) is 2. The minimum atomic E-state index is 0.564. The molecule has 1 aromatic heterocycles. The first kappa shape index (κ1) is 14.0. The Labute approximate surface area is 121 Å². The quantitative estimate of drug-likeness (QED) is 0.889. The lowest BCUT2D eigenvalue weighted by atomic mass is 10.1. The third kappa shape index (κ3) is 4.01. The number of nitrogens with two attached hydrogens (primary N) is 1. The van der Waals surface area contributed by atoms with E-state index >= 15 is 0 Å². The van der Waals surface area contributed by atoms with Gasteiger partial charge in [0.25, 0.3) is 0 Å². The van der Waals surface area contributed by atoms with Crippen molar-refractivity contribution in [1.29, 1.82) is 0 Å². The topological polar surface area (TPSA) is 63.8 Å². The van der Waals surface area contributed by atoms with Crippen LogP contribution >= 0.6 is 15.9 Å². The van der Waals surface area contributed by atoms with Gasteiger partial charge in [-0.3, -0.25) is 0 Å². The van der Waals surface area contributed by atoms with Gasteiger partial charge in [0.05, 0.1) is 0 Å². The predicted octanol–water partition coefficient (Wildman–Crippen LogP) is 2.66. The van der Waals surface area contributed by atoms with Crippen LogP contribution in [-0.2, 0) is 13.0 Å². The summed E-state index contributed by atoms with van der Waals surface area (Å²) in [4.78, 5) is 8.59. The summed E-state index contributed by atoms with van der Waals surface area (Å²) in [6, 6.07) is 8.13. The van der Waals surface area contributed by atoms with Crippen molar-refractivity contribution in [3.05, 3.63) is 51.9 Å². The maximum atomic E-state index is 5.51. The van der Waals surface area contributed by atoms with Crippen molar-refractivity contribution >= 4 is 21.7 Å². The molecular weight excluding hydrogens is 304 g/mol. The molecule has 0 aliphatic carbocycles. The molecule has 2 aromatic rings. The van der Waals surface area contributed by atoms with Crippen LogP contribution < -0.4 is 11.1 Å². The maximum absolute atomic E-state index is 5.51. The van der Waals surface area contributed by atoms with Crippen LogP contribution in [0, 0.1) is 6.92 Å². The summed E-state index contributed by atoms with van der Waals surface area (Å²) in [7, 11) is 0. The number of halogens is 1. The molecule has 19 heavy (non-hydrogen) atoms. The highest BCUT2D eigenvalue weighted by Crippen LogP contribution is 2.17. The Hall–Kier alpha value is -1.46. The van der Waals surface area contributed by atoms with Crippen LogP contribution in [0.5, 0.6) is 0 Å². The molecule has 0 fully saturated rings. The summed E-state index contributed by atoms with van der Waals surface area (Å²) in [5.74, 6) is 1.61. The molecule has 0 unspecified atom stereocenters. The van der Waals surface area contributed by atoms with Gasteiger partial charge >= 0.3 is 0 Å². The molecule has 100 valence electrons. The van der Waals surface area contributed by atoms with E-state index in [9.17, 15) is 0 Å². The zero-order valence-corrected chi connectivity index (χ0v) is 12.4. The number of rotatable bonds is 5. The van der Waals surface area contributed by atoms with Gasteiger partial charge in [-0.05, 0) is 42.8 Å². The average Bonchev–Trinajstić information content (AvgIpc) is 2.41. The summed E-state index contributed by atoms with van der Waals surface area (Å²) >= 11 is 3.49. The fraction of sp³-hybridized carbons (Fsp3) is 0.286. The molecule has 0 bridgehead atoms. The van der Waals surface area contributed by atoms with Gasteiger partial charge < -0.3 is 11.1 Å². The zero-order chi connectivity index (χ0) is 13.7. The minimum Gasteiger partial charge on any atom is -0.366 e. The highest BCUT2D eigenvalue weighted by Gasteiger charge is 2.02. The molecule has 2 rings (SSSR count). The molecule has 1 heterocycles. The lowest BCUT2D eigenvalue weighted by Gasteiger charge is -2.09. The molecule has 4 nitrogen and oxygen atoms in total. The van der Waals surface area contributed by atoms with Crippen molar-refractivity contribution in [3.63, 3.8) is 0 Å². The number of anilines is 1. The average molecular weight is 321 g/mol. The van der Waals surface area contributed by atoms with E-state index in [4.69, 9.17) is 5.73 Å². The van der Waals surface area contributed by atoms with E-state index in [0.29, 0.717) is 13.0 Å². The molecule has 0 radical (unpaired) electrons. The molecule has 1 aromatic carbocycles. The van der Waals surface area contributed by atoms with E-state index in [1.807, 2.05) is 12.1 Å². The first-order valence-electron chi connectivity index (χ1n) is 6.20. The molecule has 0 saturated heterocycles. The van der Waals surface area contributed by atoms with E-state index < -0.39 is 0 Å². The Morgan fingerprint density at radius 2 is 2.16 bits per heavy atom. The molecule has 0 amide bonds. The summed E-state index contributed by atoms with van der Waals surface area (Å²) in [6.07, 6.45) is 2.46. The molecule has 0 spiro atoms. The zero-order valence-electron chi connectivity index (χ0n) is 10.9. The van der Waals surface area contributed by atoms with Crippen molar-refractivity contribution in [2.75, 3.05) is 11.9 Å². The second kappa shape index (κ2) is 6.63. The highest BCUT2D eigenvalue weighted by molar-refractivity contribution is 9.10. The number of aryl methyl sites for hydroxylation is 1. The Morgan fingerprint density at radius 1 is 1.32 bits per heavy atom. The maximum Gasteiger partial charge on any atom is 0.131 e. The van der Waals surface area contributed by atoms with Crippen LogP contribution in [0.3, 0.4) is 0 Å². The standard InChI is InChI=1S/C14H17BrN4/c1-10-2-3-12(15)8-11(10)9-18-14-5-7-17-13(19-14)4-6-16/h2-3,5,7-8H,4,6,9,16H2,1H3,(H,17,18,19). The van der Waals surface area contributed by atoms with Crippen molar-refractivity contribution in [2.45, 2.75) is 19.9 Å². The summed E-state index contributed by atoms with van der Waals surface area (Å²) in [5.41, 5.74) is 8.01. The van der Waals surface area contributed by atoms with E-state index in [1.54, 1.807) is 6.20 Å². The first-order valence-corrected chi connectivity index (χ1v) is 6.99. The Kier molecular flexibility index (Phi) is 4.87. The van der Waals surface area contributed by atoms with Crippen LogP contribution in [0.15, 0.2) is 34.9 Å². The Balaban J connectivity index is 2.05. The van der Waals surface area contributed by atoms with Gasteiger partial charge in [0, 0.05) is 23.6 Å². The monoisotopic (exact) mass is 320 g/mol. The van der Waals surface area contributed by atoms with E-state index in [1.165, 1.54) is 11.1 Å². The summed E-state index contributed by atoms with van der Waals surface area (Å²) in [6.45, 7) is 3.40. The second-order valence-corrected chi connectivity index (χ2v) is 5.24. The van der Waals surface area contributed by atoms with Crippen molar-refractivity contribution in [1.82, 2.24) is 9.97 Å². The van der Waals surface area contributed by atoms with Gasteiger partial charge in [0.2, 0.25) is 0 Å².